The van der Waals surface area contributed by atoms with Crippen molar-refractivity contribution in [1.82, 2.24) is 25.0 Å². The van der Waals surface area contributed by atoms with E-state index in [1.54, 1.807) is 0 Å². The van der Waals surface area contributed by atoms with Crippen LogP contribution in [0, 0.1) is 0 Å². The van der Waals surface area contributed by atoms with Gasteiger partial charge in [0.05, 0.1) is 29.8 Å². The number of nitrogens with one attached hydrogen (secondary N) is 2. The summed E-state index contributed by atoms with van der Waals surface area (Å²) in [5, 5.41) is 10.1. The average molecular weight is 476 g/mol. The van der Waals surface area contributed by atoms with E-state index in [4.69, 9.17) is 27.3 Å². The van der Waals surface area contributed by atoms with Crippen molar-refractivity contribution in [3.8, 4) is 0 Å². The SMILES string of the molecule is [2H]C([2H])([2H])NC(=O)N1CC(CNc2cc(C(F)(F)F)nc3ccc(Cl)cc23)(n2cc(Cl)cn2)C1. The molecule has 3 heterocycles. The van der Waals surface area contributed by atoms with Gasteiger partial charge in [0.15, 0.2) is 0 Å². The summed E-state index contributed by atoms with van der Waals surface area (Å²) in [5.74, 6) is 0. The highest BCUT2D eigenvalue weighted by atomic mass is 35.5. The standard InChI is InChI=1S/C19H17Cl2F3N6O/c1-25-17(31)29-9-18(10-29,30-7-12(21)6-27-30)8-26-15-5-16(19(22,23)24)28-14-3-2-11(20)4-13(14)15/h2-7H,8-10H2,1H3,(H,25,31)(H,26,28)/i1D3. The second kappa shape index (κ2) is 7.76. The first-order valence-electron chi connectivity index (χ1n) is 10.4. The predicted molar refractivity (Wildman–Crippen MR) is 111 cm³/mol. The monoisotopic (exact) mass is 475 g/mol. The number of likely N-dealkylation sites (tertiary alicyclic amines) is 1. The zero-order valence-corrected chi connectivity index (χ0v) is 17.2. The summed E-state index contributed by atoms with van der Waals surface area (Å²) in [6, 6.07) is 4.43. The number of halogens is 5. The summed E-state index contributed by atoms with van der Waals surface area (Å²) < 4.78 is 63.4. The summed E-state index contributed by atoms with van der Waals surface area (Å²) >= 11 is 12.0. The summed E-state index contributed by atoms with van der Waals surface area (Å²) in [4.78, 5) is 17.2. The number of pyridine rings is 1. The van der Waals surface area contributed by atoms with E-state index in [1.165, 1.54) is 40.2 Å². The summed E-state index contributed by atoms with van der Waals surface area (Å²) in [6.45, 7) is -2.54. The first kappa shape index (κ1) is 17.9. The maximum absolute atomic E-state index is 13.4. The highest BCUT2D eigenvalue weighted by molar-refractivity contribution is 6.31. The Hall–Kier alpha value is -2.72. The molecule has 0 saturated carbocycles. The molecule has 0 atom stereocenters. The zero-order chi connectivity index (χ0) is 24.9. The molecule has 0 spiro atoms. The molecule has 1 aliphatic heterocycles. The van der Waals surface area contributed by atoms with E-state index >= 15 is 0 Å². The van der Waals surface area contributed by atoms with Crippen molar-refractivity contribution in [3.05, 3.63) is 52.4 Å². The second-order valence-corrected chi connectivity index (χ2v) is 8.05. The molecule has 2 N–H and O–H groups in total. The fourth-order valence-electron chi connectivity index (χ4n) is 3.53. The van der Waals surface area contributed by atoms with Crippen LogP contribution in [0.15, 0.2) is 36.7 Å². The third kappa shape index (κ3) is 4.09. The highest BCUT2D eigenvalue weighted by Gasteiger charge is 2.47. The largest absolute Gasteiger partial charge is 0.433 e. The number of hydrogen-bond donors (Lipinski definition) is 2. The van der Waals surface area contributed by atoms with E-state index in [1.807, 2.05) is 5.32 Å². The molecule has 3 aromatic rings. The van der Waals surface area contributed by atoms with Gasteiger partial charge in [0, 0.05) is 39.9 Å². The van der Waals surface area contributed by atoms with Crippen LogP contribution in [0.25, 0.3) is 10.9 Å². The molecule has 0 aliphatic carbocycles. The number of carbonyl (C=O) groups excluding carboxylic acids is 1. The van der Waals surface area contributed by atoms with Crippen LogP contribution in [-0.2, 0) is 11.7 Å². The Bertz CT molecular complexity index is 1240. The van der Waals surface area contributed by atoms with Gasteiger partial charge in [-0.1, -0.05) is 23.2 Å². The number of hydrogen-bond acceptors (Lipinski definition) is 4. The molecule has 31 heavy (non-hydrogen) atoms. The van der Waals surface area contributed by atoms with Gasteiger partial charge >= 0.3 is 12.2 Å². The van der Waals surface area contributed by atoms with Crippen molar-refractivity contribution in [2.75, 3.05) is 31.9 Å². The van der Waals surface area contributed by atoms with Crippen molar-refractivity contribution in [2.45, 2.75) is 11.7 Å². The molecule has 0 unspecified atom stereocenters. The van der Waals surface area contributed by atoms with Gasteiger partial charge in [-0.15, -0.1) is 0 Å². The van der Waals surface area contributed by atoms with Crippen molar-refractivity contribution in [3.63, 3.8) is 0 Å². The van der Waals surface area contributed by atoms with Gasteiger partial charge in [0.2, 0.25) is 0 Å². The Labute approximate surface area is 189 Å². The quantitative estimate of drug-likeness (QED) is 0.592. The number of benzene rings is 1. The van der Waals surface area contributed by atoms with Gasteiger partial charge in [-0.05, 0) is 24.3 Å². The van der Waals surface area contributed by atoms with E-state index in [0.29, 0.717) is 15.4 Å². The number of fused-ring (bicyclic) bond motifs is 1. The Morgan fingerprint density at radius 1 is 1.29 bits per heavy atom. The second-order valence-electron chi connectivity index (χ2n) is 7.18. The fourth-order valence-corrected chi connectivity index (χ4v) is 3.84. The molecule has 2 amide bonds. The van der Waals surface area contributed by atoms with Crippen molar-refractivity contribution < 1.29 is 22.1 Å². The number of anilines is 1. The molecular weight excluding hydrogens is 456 g/mol. The minimum absolute atomic E-state index is 0.0375. The third-order valence-corrected chi connectivity index (χ3v) is 5.50. The summed E-state index contributed by atoms with van der Waals surface area (Å²) in [6.07, 6.45) is -1.76. The Balaban J connectivity index is 1.64. The number of carbonyl (C=O) groups is 1. The van der Waals surface area contributed by atoms with E-state index in [0.717, 1.165) is 6.07 Å². The molecule has 0 bridgehead atoms. The molecule has 1 fully saturated rings. The van der Waals surface area contributed by atoms with Crippen LogP contribution in [-0.4, -0.2) is 52.3 Å². The topological polar surface area (TPSA) is 75.1 Å². The molecule has 1 saturated heterocycles. The van der Waals surface area contributed by atoms with Crippen LogP contribution in [0.2, 0.25) is 10.0 Å². The Morgan fingerprint density at radius 3 is 2.71 bits per heavy atom. The maximum Gasteiger partial charge on any atom is 0.433 e. The number of urea groups is 1. The molecular formula is C19H17Cl2F3N6O. The smallest absolute Gasteiger partial charge is 0.382 e. The average Bonchev–Trinajstić information content (AvgIpc) is 3.11. The third-order valence-electron chi connectivity index (χ3n) is 5.07. The maximum atomic E-state index is 13.4. The number of aromatic nitrogens is 3. The highest BCUT2D eigenvalue weighted by Crippen LogP contribution is 2.36. The van der Waals surface area contributed by atoms with Gasteiger partial charge in [-0.2, -0.15) is 18.3 Å². The lowest BCUT2D eigenvalue weighted by atomic mass is 9.89. The predicted octanol–water partition coefficient (Wildman–Crippen LogP) is 4.22. The van der Waals surface area contributed by atoms with Gasteiger partial charge in [-0.25, -0.2) is 9.78 Å². The van der Waals surface area contributed by atoms with Gasteiger partial charge < -0.3 is 15.5 Å². The van der Waals surface area contributed by atoms with Gasteiger partial charge in [0.25, 0.3) is 0 Å². The van der Waals surface area contributed by atoms with Crippen molar-refractivity contribution in [2.24, 2.45) is 0 Å². The minimum Gasteiger partial charge on any atom is -0.382 e. The molecule has 164 valence electrons. The Morgan fingerprint density at radius 2 is 2.06 bits per heavy atom. The van der Waals surface area contributed by atoms with Gasteiger partial charge in [-0.3, -0.25) is 4.68 Å². The summed E-state index contributed by atoms with van der Waals surface area (Å²) in [5.41, 5.74) is -1.73. The van der Waals surface area contributed by atoms with Crippen LogP contribution in [0.5, 0.6) is 0 Å². The lowest BCUT2D eigenvalue weighted by Crippen LogP contribution is -2.68. The molecule has 4 rings (SSSR count). The lowest BCUT2D eigenvalue weighted by molar-refractivity contribution is -0.140. The van der Waals surface area contributed by atoms with Gasteiger partial charge in [0.1, 0.15) is 11.2 Å². The minimum atomic E-state index is -4.67. The zero-order valence-electron chi connectivity index (χ0n) is 18.7. The van der Waals surface area contributed by atoms with Crippen LogP contribution in [0.1, 0.15) is 9.81 Å². The van der Waals surface area contributed by atoms with Crippen LogP contribution >= 0.6 is 23.2 Å². The molecule has 1 aliphatic rings. The number of amides is 2. The number of nitrogens with zero attached hydrogens (tertiary/aromatic N) is 4. The van der Waals surface area contributed by atoms with Crippen molar-refractivity contribution in [1.29, 1.82) is 0 Å². The molecule has 1 aromatic carbocycles. The van der Waals surface area contributed by atoms with E-state index in [9.17, 15) is 18.0 Å². The Kier molecular flexibility index (Phi) is 4.48. The molecule has 7 nitrogen and oxygen atoms in total. The van der Waals surface area contributed by atoms with E-state index < -0.39 is 30.4 Å². The van der Waals surface area contributed by atoms with Crippen LogP contribution in [0.3, 0.4) is 0 Å². The first-order valence-corrected chi connectivity index (χ1v) is 9.71. The van der Waals surface area contributed by atoms with E-state index in [2.05, 4.69) is 15.4 Å². The van der Waals surface area contributed by atoms with Crippen LogP contribution < -0.4 is 10.6 Å². The lowest BCUT2D eigenvalue weighted by Gasteiger charge is -2.49. The van der Waals surface area contributed by atoms with Crippen LogP contribution in [0.4, 0.5) is 23.7 Å². The van der Waals surface area contributed by atoms with Crippen molar-refractivity contribution >= 4 is 45.8 Å². The molecule has 0 radical (unpaired) electrons. The summed E-state index contributed by atoms with van der Waals surface area (Å²) in [7, 11) is 0. The fraction of sp³-hybridized carbons (Fsp3) is 0.316. The van der Waals surface area contributed by atoms with E-state index in [-0.39, 0.29) is 30.8 Å². The molecule has 2 aromatic heterocycles. The normalized spacial score (nSPS) is 17.5. The number of rotatable bonds is 4. The molecule has 12 heteroatoms. The number of alkyl halides is 3. The first-order chi connectivity index (χ1) is 15.8.